The zero-order chi connectivity index (χ0) is 12.3. The van der Waals surface area contributed by atoms with Gasteiger partial charge in [-0.15, -0.1) is 0 Å². The van der Waals surface area contributed by atoms with Gasteiger partial charge in [0.25, 0.3) is 0 Å². The van der Waals surface area contributed by atoms with E-state index in [2.05, 4.69) is 0 Å². The molecule has 0 saturated carbocycles. The highest BCUT2D eigenvalue weighted by Crippen LogP contribution is 2.23. The van der Waals surface area contributed by atoms with Crippen molar-refractivity contribution in [1.29, 1.82) is 0 Å². The van der Waals surface area contributed by atoms with Crippen LogP contribution >= 0.6 is 0 Å². The van der Waals surface area contributed by atoms with Gasteiger partial charge in [0.2, 0.25) is 5.91 Å². The summed E-state index contributed by atoms with van der Waals surface area (Å²) in [4.78, 5) is 22.8. The van der Waals surface area contributed by atoms with E-state index in [-0.39, 0.29) is 13.1 Å². The van der Waals surface area contributed by atoms with Gasteiger partial charge in [-0.25, -0.2) is 0 Å². The van der Waals surface area contributed by atoms with Crippen molar-refractivity contribution in [3.05, 3.63) is 0 Å². The zero-order valence-electron chi connectivity index (χ0n) is 8.46. The molecule has 1 aliphatic heterocycles. The minimum Gasteiger partial charge on any atom is -0.481 e. The maximum absolute atomic E-state index is 12.0. The van der Waals surface area contributed by atoms with Gasteiger partial charge in [0, 0.05) is 13.1 Å². The Labute approximate surface area is 90.0 Å². The lowest BCUT2D eigenvalue weighted by Crippen LogP contribution is -2.43. The highest BCUT2D eigenvalue weighted by Gasteiger charge is 2.36. The van der Waals surface area contributed by atoms with Crippen LogP contribution in [0.5, 0.6) is 0 Å². The molecule has 16 heavy (non-hydrogen) atoms. The quantitative estimate of drug-likeness (QED) is 0.789. The predicted molar refractivity (Wildman–Crippen MR) is 47.6 cm³/mol. The van der Waals surface area contributed by atoms with Crippen LogP contribution in [0, 0.1) is 5.92 Å². The van der Waals surface area contributed by atoms with E-state index < -0.39 is 30.4 Å². The summed E-state index contributed by atoms with van der Waals surface area (Å²) < 4.78 is 35.9. The number of nitrogens with zero attached hydrogens (tertiary/aromatic N) is 1. The van der Waals surface area contributed by atoms with Crippen LogP contribution in [0.15, 0.2) is 0 Å². The Balaban J connectivity index is 2.54. The summed E-state index contributed by atoms with van der Waals surface area (Å²) >= 11 is 0. The molecule has 1 amide bonds. The molecule has 1 unspecified atom stereocenters. The number of hydrogen-bond donors (Lipinski definition) is 1. The highest BCUT2D eigenvalue weighted by atomic mass is 19.4. The molecule has 92 valence electrons. The molecule has 0 aromatic heterocycles. The first-order chi connectivity index (χ1) is 7.29. The maximum Gasteiger partial charge on any atom is 0.397 e. The van der Waals surface area contributed by atoms with Gasteiger partial charge in [0.1, 0.15) is 6.42 Å². The van der Waals surface area contributed by atoms with Crippen LogP contribution < -0.4 is 0 Å². The number of hydrogen-bond acceptors (Lipinski definition) is 2. The van der Waals surface area contributed by atoms with Crippen molar-refractivity contribution in [2.24, 2.45) is 5.92 Å². The molecule has 1 saturated heterocycles. The average molecular weight is 239 g/mol. The Bertz CT molecular complexity index is 290. The average Bonchev–Trinajstić information content (AvgIpc) is 2.15. The summed E-state index contributed by atoms with van der Waals surface area (Å²) in [5.41, 5.74) is 0. The normalized spacial score (nSPS) is 21.9. The summed E-state index contributed by atoms with van der Waals surface area (Å²) in [6, 6.07) is 0. The molecule has 1 fully saturated rings. The third-order valence-corrected chi connectivity index (χ3v) is 2.48. The van der Waals surface area contributed by atoms with Gasteiger partial charge in [-0.2, -0.15) is 13.2 Å². The van der Waals surface area contributed by atoms with Gasteiger partial charge in [-0.3, -0.25) is 9.59 Å². The van der Waals surface area contributed by atoms with Crippen molar-refractivity contribution in [2.45, 2.75) is 25.4 Å². The summed E-state index contributed by atoms with van der Waals surface area (Å²) in [5.74, 6) is -2.85. The van der Waals surface area contributed by atoms with E-state index in [1.165, 1.54) is 0 Å². The van der Waals surface area contributed by atoms with Crippen molar-refractivity contribution in [2.75, 3.05) is 13.1 Å². The van der Waals surface area contributed by atoms with Gasteiger partial charge in [-0.1, -0.05) is 0 Å². The van der Waals surface area contributed by atoms with Crippen molar-refractivity contribution >= 4 is 11.9 Å². The first kappa shape index (κ1) is 12.8. The number of piperidine rings is 1. The lowest BCUT2D eigenvalue weighted by Gasteiger charge is -2.30. The zero-order valence-corrected chi connectivity index (χ0v) is 8.46. The van der Waals surface area contributed by atoms with E-state index >= 15 is 0 Å². The number of aliphatic carboxylic acids is 1. The fourth-order valence-corrected chi connectivity index (χ4v) is 1.69. The van der Waals surface area contributed by atoms with Crippen molar-refractivity contribution in [3.63, 3.8) is 0 Å². The molecule has 0 aliphatic carbocycles. The standard InChI is InChI=1S/C9H12F3NO3/c10-9(11,12)4-7(14)13-3-1-2-6(5-13)8(15)16/h6H,1-5H2,(H,15,16). The lowest BCUT2D eigenvalue weighted by molar-refractivity contribution is -0.163. The van der Waals surface area contributed by atoms with Gasteiger partial charge in [-0.05, 0) is 12.8 Å². The van der Waals surface area contributed by atoms with Gasteiger partial charge in [0.15, 0.2) is 0 Å². The molecule has 0 radical (unpaired) electrons. The number of alkyl halides is 3. The molecule has 4 nitrogen and oxygen atoms in total. The van der Waals surface area contributed by atoms with Crippen molar-refractivity contribution in [1.82, 2.24) is 4.90 Å². The predicted octanol–water partition coefficient (Wildman–Crippen LogP) is 1.26. The summed E-state index contributed by atoms with van der Waals surface area (Å²) in [5, 5.41) is 8.71. The molecule has 0 aromatic carbocycles. The molecule has 0 bridgehead atoms. The second-order valence-electron chi connectivity index (χ2n) is 3.81. The number of rotatable bonds is 2. The van der Waals surface area contributed by atoms with E-state index in [1.807, 2.05) is 0 Å². The second kappa shape index (κ2) is 4.71. The molecule has 1 heterocycles. The Morgan fingerprint density at radius 3 is 2.50 bits per heavy atom. The Hall–Kier alpha value is -1.27. The summed E-state index contributed by atoms with van der Waals surface area (Å²) in [7, 11) is 0. The number of carbonyl (C=O) groups excluding carboxylic acids is 1. The molecule has 1 N–H and O–H groups in total. The molecule has 7 heteroatoms. The van der Waals surface area contributed by atoms with Crippen LogP contribution in [0.2, 0.25) is 0 Å². The minimum absolute atomic E-state index is 0.121. The Kier molecular flexibility index (Phi) is 3.77. The number of carboxylic acid groups (broad SMARTS) is 1. The van der Waals surface area contributed by atoms with Crippen LogP contribution in [0.25, 0.3) is 0 Å². The van der Waals surface area contributed by atoms with Gasteiger partial charge < -0.3 is 10.0 Å². The third-order valence-electron chi connectivity index (χ3n) is 2.48. The van der Waals surface area contributed by atoms with Crippen molar-refractivity contribution in [3.8, 4) is 0 Å². The molecule has 0 aromatic rings. The van der Waals surface area contributed by atoms with Crippen molar-refractivity contribution < 1.29 is 27.9 Å². The van der Waals surface area contributed by atoms with Gasteiger partial charge in [0.05, 0.1) is 5.92 Å². The fourth-order valence-electron chi connectivity index (χ4n) is 1.69. The smallest absolute Gasteiger partial charge is 0.397 e. The Morgan fingerprint density at radius 2 is 2.00 bits per heavy atom. The van der Waals surface area contributed by atoms with E-state index in [0.29, 0.717) is 12.8 Å². The molecule has 0 spiro atoms. The van der Waals surface area contributed by atoms with Crippen LogP contribution in [-0.4, -0.2) is 41.1 Å². The maximum atomic E-state index is 12.0. The molecule has 1 atom stereocenters. The van der Waals surface area contributed by atoms with Crippen LogP contribution in [0.1, 0.15) is 19.3 Å². The fraction of sp³-hybridized carbons (Fsp3) is 0.778. The molecular weight excluding hydrogens is 227 g/mol. The molecular formula is C9H12F3NO3. The number of carbonyl (C=O) groups is 2. The third kappa shape index (κ3) is 3.71. The summed E-state index contributed by atoms with van der Waals surface area (Å²) in [6.07, 6.45) is -5.21. The summed E-state index contributed by atoms with van der Waals surface area (Å²) in [6.45, 7) is 0.0862. The van der Waals surface area contributed by atoms with E-state index in [0.717, 1.165) is 4.90 Å². The first-order valence-corrected chi connectivity index (χ1v) is 4.87. The highest BCUT2D eigenvalue weighted by molar-refractivity contribution is 5.78. The molecule has 1 rings (SSSR count). The van der Waals surface area contributed by atoms with E-state index in [9.17, 15) is 22.8 Å². The van der Waals surface area contributed by atoms with E-state index in [4.69, 9.17) is 5.11 Å². The number of likely N-dealkylation sites (tertiary alicyclic amines) is 1. The monoisotopic (exact) mass is 239 g/mol. The Morgan fingerprint density at radius 1 is 1.38 bits per heavy atom. The van der Waals surface area contributed by atoms with E-state index in [1.54, 1.807) is 0 Å². The van der Waals surface area contributed by atoms with Crippen LogP contribution in [-0.2, 0) is 9.59 Å². The molecule has 1 aliphatic rings. The number of halogens is 3. The number of amides is 1. The minimum atomic E-state index is -4.53. The largest absolute Gasteiger partial charge is 0.481 e. The second-order valence-corrected chi connectivity index (χ2v) is 3.81. The van der Waals surface area contributed by atoms with Crippen LogP contribution in [0.3, 0.4) is 0 Å². The van der Waals surface area contributed by atoms with Gasteiger partial charge >= 0.3 is 12.1 Å². The number of carboxylic acids is 1. The van der Waals surface area contributed by atoms with Crippen LogP contribution in [0.4, 0.5) is 13.2 Å². The first-order valence-electron chi connectivity index (χ1n) is 4.87. The lowest BCUT2D eigenvalue weighted by atomic mass is 9.98. The topological polar surface area (TPSA) is 57.6 Å². The SMILES string of the molecule is O=C(O)C1CCCN(C(=O)CC(F)(F)F)C1.